The van der Waals surface area contributed by atoms with Gasteiger partial charge in [0, 0.05) is 11.6 Å². The molecule has 6 heteroatoms. The Labute approximate surface area is 97.9 Å². The van der Waals surface area contributed by atoms with E-state index in [1.807, 2.05) is 0 Å². The molecule has 1 aromatic rings. The van der Waals surface area contributed by atoms with Crippen LogP contribution in [0, 0.1) is 0 Å². The number of amides is 1. The van der Waals surface area contributed by atoms with Crippen molar-refractivity contribution in [2.24, 2.45) is 0 Å². The summed E-state index contributed by atoms with van der Waals surface area (Å²) in [6, 6.07) is 3.04. The molecule has 86 valence electrons. The van der Waals surface area contributed by atoms with Gasteiger partial charge in [0.15, 0.2) is 0 Å². The highest BCUT2D eigenvalue weighted by atomic mass is 35.5. The van der Waals surface area contributed by atoms with E-state index < -0.39 is 0 Å². The summed E-state index contributed by atoms with van der Waals surface area (Å²) in [4.78, 5) is 15.7. The maximum Gasteiger partial charge on any atom is 0.270 e. The molecule has 5 nitrogen and oxygen atoms in total. The Hall–Kier alpha value is -1.33. The quantitative estimate of drug-likeness (QED) is 0.804. The molecule has 0 radical (unpaired) electrons. The first-order chi connectivity index (χ1) is 7.65. The molecule has 0 bridgehead atoms. The van der Waals surface area contributed by atoms with Gasteiger partial charge in [-0.3, -0.25) is 4.79 Å². The fourth-order valence-corrected chi connectivity index (χ4v) is 1.76. The fourth-order valence-electron chi connectivity index (χ4n) is 1.54. The average Bonchev–Trinajstić information content (AvgIpc) is 2.68. The lowest BCUT2D eigenvalue weighted by molar-refractivity contribution is 0.0925. The number of ether oxygens (including phenoxy) is 1. The highest BCUT2D eigenvalue weighted by Gasteiger charge is 2.19. The summed E-state index contributed by atoms with van der Waals surface area (Å²) in [5, 5.41) is 3.21. The van der Waals surface area contributed by atoms with Gasteiger partial charge in [-0.15, -0.1) is 0 Å². The van der Waals surface area contributed by atoms with Crippen molar-refractivity contribution in [2.45, 2.75) is 12.5 Å². The van der Waals surface area contributed by atoms with E-state index in [1.165, 1.54) is 12.1 Å². The molecule has 2 heterocycles. The molecule has 3 N–H and O–H groups in total. The Morgan fingerprint density at radius 1 is 1.62 bits per heavy atom. The Bertz CT molecular complexity index is 385. The fraction of sp³-hybridized carbons (Fsp3) is 0.400. The van der Waals surface area contributed by atoms with Crippen molar-refractivity contribution in [1.82, 2.24) is 10.3 Å². The van der Waals surface area contributed by atoms with Gasteiger partial charge in [0.25, 0.3) is 5.91 Å². The Morgan fingerprint density at radius 2 is 2.44 bits per heavy atom. The summed E-state index contributed by atoms with van der Waals surface area (Å²) in [6.45, 7) is 1.22. The standard InChI is InChI=1S/C10H12ClN3O2/c11-6-3-8(14-9(12)4-6)10(15)13-7-1-2-16-5-7/h3-4,7H,1-2,5H2,(H2,12,14)(H,13,15). The van der Waals surface area contributed by atoms with Gasteiger partial charge in [0.2, 0.25) is 0 Å². The van der Waals surface area contributed by atoms with Gasteiger partial charge < -0.3 is 15.8 Å². The molecule has 1 saturated heterocycles. The third-order valence-corrected chi connectivity index (χ3v) is 2.53. The van der Waals surface area contributed by atoms with Crippen LogP contribution in [0.5, 0.6) is 0 Å². The van der Waals surface area contributed by atoms with Crippen LogP contribution in [-0.2, 0) is 4.74 Å². The van der Waals surface area contributed by atoms with Gasteiger partial charge in [-0.25, -0.2) is 4.98 Å². The van der Waals surface area contributed by atoms with Crippen LogP contribution in [0.2, 0.25) is 5.02 Å². The highest BCUT2D eigenvalue weighted by Crippen LogP contribution is 2.13. The maximum atomic E-state index is 11.8. The summed E-state index contributed by atoms with van der Waals surface area (Å²) in [5.41, 5.74) is 5.74. The molecule has 1 aliphatic heterocycles. The summed E-state index contributed by atoms with van der Waals surface area (Å²) in [6.07, 6.45) is 0.821. The number of anilines is 1. The van der Waals surface area contributed by atoms with Crippen LogP contribution < -0.4 is 11.1 Å². The summed E-state index contributed by atoms with van der Waals surface area (Å²) >= 11 is 5.79. The second-order valence-corrected chi connectivity index (χ2v) is 4.07. The zero-order chi connectivity index (χ0) is 11.5. The third kappa shape index (κ3) is 2.62. The van der Waals surface area contributed by atoms with Crippen molar-refractivity contribution in [1.29, 1.82) is 0 Å². The van der Waals surface area contributed by atoms with E-state index in [0.29, 0.717) is 18.2 Å². The van der Waals surface area contributed by atoms with Crippen molar-refractivity contribution >= 4 is 23.3 Å². The first kappa shape index (κ1) is 11.2. The van der Waals surface area contributed by atoms with Crippen molar-refractivity contribution in [3.05, 3.63) is 22.8 Å². The lowest BCUT2D eigenvalue weighted by Gasteiger charge is -2.10. The van der Waals surface area contributed by atoms with E-state index in [2.05, 4.69) is 10.3 Å². The normalized spacial score (nSPS) is 19.7. The van der Waals surface area contributed by atoms with Crippen LogP contribution >= 0.6 is 11.6 Å². The van der Waals surface area contributed by atoms with Crippen molar-refractivity contribution in [3.63, 3.8) is 0 Å². The molecule has 0 aromatic carbocycles. The number of carbonyl (C=O) groups is 1. The number of pyridine rings is 1. The summed E-state index contributed by atoms with van der Waals surface area (Å²) in [5.74, 6) is -0.0370. The van der Waals surface area contributed by atoms with Crippen LogP contribution in [0.1, 0.15) is 16.9 Å². The van der Waals surface area contributed by atoms with E-state index in [4.69, 9.17) is 22.1 Å². The van der Waals surface area contributed by atoms with Crippen LogP contribution in [-0.4, -0.2) is 30.1 Å². The third-order valence-electron chi connectivity index (χ3n) is 2.31. The number of hydrogen-bond donors (Lipinski definition) is 2. The largest absolute Gasteiger partial charge is 0.384 e. The first-order valence-corrected chi connectivity index (χ1v) is 5.34. The van der Waals surface area contributed by atoms with Crippen molar-refractivity contribution < 1.29 is 9.53 Å². The zero-order valence-corrected chi connectivity index (χ0v) is 9.33. The minimum Gasteiger partial charge on any atom is -0.384 e. The van der Waals surface area contributed by atoms with Crippen LogP contribution in [0.4, 0.5) is 5.82 Å². The molecule has 1 fully saturated rings. The Balaban J connectivity index is 2.07. The minimum atomic E-state index is -0.273. The number of rotatable bonds is 2. The van der Waals surface area contributed by atoms with E-state index >= 15 is 0 Å². The number of nitrogen functional groups attached to an aromatic ring is 1. The molecule has 1 amide bonds. The van der Waals surface area contributed by atoms with E-state index in [-0.39, 0.29) is 23.5 Å². The molecular weight excluding hydrogens is 230 g/mol. The topological polar surface area (TPSA) is 77.2 Å². The highest BCUT2D eigenvalue weighted by molar-refractivity contribution is 6.31. The number of carbonyl (C=O) groups excluding carboxylic acids is 1. The number of hydrogen-bond acceptors (Lipinski definition) is 4. The average molecular weight is 242 g/mol. The number of nitrogens with two attached hydrogens (primary N) is 1. The Kier molecular flexibility index (Phi) is 3.26. The Morgan fingerprint density at radius 3 is 3.06 bits per heavy atom. The van der Waals surface area contributed by atoms with Crippen LogP contribution in [0.15, 0.2) is 12.1 Å². The molecular formula is C10H12ClN3O2. The summed E-state index contributed by atoms with van der Waals surface area (Å²) < 4.78 is 5.16. The smallest absolute Gasteiger partial charge is 0.270 e. The summed E-state index contributed by atoms with van der Waals surface area (Å²) in [7, 11) is 0. The van der Waals surface area contributed by atoms with Gasteiger partial charge in [-0.2, -0.15) is 0 Å². The predicted octanol–water partition coefficient (Wildman–Crippen LogP) is 0.836. The van der Waals surface area contributed by atoms with Gasteiger partial charge in [0.05, 0.1) is 12.6 Å². The molecule has 1 atom stereocenters. The maximum absolute atomic E-state index is 11.8. The van der Waals surface area contributed by atoms with Crippen molar-refractivity contribution in [2.75, 3.05) is 18.9 Å². The molecule has 0 saturated carbocycles. The molecule has 1 unspecified atom stereocenters. The van der Waals surface area contributed by atoms with E-state index in [0.717, 1.165) is 6.42 Å². The number of aromatic nitrogens is 1. The monoisotopic (exact) mass is 241 g/mol. The van der Waals surface area contributed by atoms with Gasteiger partial charge >= 0.3 is 0 Å². The number of halogens is 1. The van der Waals surface area contributed by atoms with E-state index in [9.17, 15) is 4.79 Å². The molecule has 0 spiro atoms. The first-order valence-electron chi connectivity index (χ1n) is 4.97. The second kappa shape index (κ2) is 4.67. The lowest BCUT2D eigenvalue weighted by atomic mass is 10.2. The van der Waals surface area contributed by atoms with Gasteiger partial charge in [0.1, 0.15) is 11.5 Å². The van der Waals surface area contributed by atoms with Crippen LogP contribution in [0.3, 0.4) is 0 Å². The molecule has 16 heavy (non-hydrogen) atoms. The predicted molar refractivity (Wildman–Crippen MR) is 60.3 cm³/mol. The number of nitrogens with zero attached hydrogens (tertiary/aromatic N) is 1. The minimum absolute atomic E-state index is 0.0505. The van der Waals surface area contributed by atoms with Gasteiger partial charge in [-0.1, -0.05) is 11.6 Å². The van der Waals surface area contributed by atoms with Crippen molar-refractivity contribution in [3.8, 4) is 0 Å². The van der Waals surface area contributed by atoms with E-state index in [1.54, 1.807) is 0 Å². The molecule has 2 rings (SSSR count). The molecule has 1 aliphatic rings. The van der Waals surface area contributed by atoms with Gasteiger partial charge in [-0.05, 0) is 18.6 Å². The number of nitrogens with one attached hydrogen (secondary N) is 1. The second-order valence-electron chi connectivity index (χ2n) is 3.63. The lowest BCUT2D eigenvalue weighted by Crippen LogP contribution is -2.35. The molecule has 0 aliphatic carbocycles. The SMILES string of the molecule is Nc1cc(Cl)cc(C(=O)NC2CCOC2)n1. The van der Waals surface area contributed by atoms with Crippen LogP contribution in [0.25, 0.3) is 0 Å². The zero-order valence-electron chi connectivity index (χ0n) is 8.57. The molecule has 1 aromatic heterocycles.